The van der Waals surface area contributed by atoms with Gasteiger partial charge in [-0.05, 0) is 26.0 Å². The molecule has 2 rings (SSSR count). The van der Waals surface area contributed by atoms with Crippen LogP contribution in [0.3, 0.4) is 0 Å². The molecule has 1 aliphatic heterocycles. The summed E-state index contributed by atoms with van der Waals surface area (Å²) in [7, 11) is -3.55. The summed E-state index contributed by atoms with van der Waals surface area (Å²) in [6, 6.07) is 6.75. The molecule has 1 heterocycles. The van der Waals surface area contributed by atoms with E-state index in [1.165, 1.54) is 4.31 Å². The molecule has 1 aromatic rings. The molecule has 1 aliphatic rings. The number of carbonyl (C=O) groups excluding carboxylic acids is 1. The van der Waals surface area contributed by atoms with Crippen molar-refractivity contribution in [2.75, 3.05) is 19.7 Å². The van der Waals surface area contributed by atoms with Gasteiger partial charge in [-0.3, -0.25) is 4.79 Å². The molecule has 0 saturated carbocycles. The van der Waals surface area contributed by atoms with Crippen LogP contribution in [0, 0.1) is 12.8 Å². The zero-order valence-corrected chi connectivity index (χ0v) is 13.7. The third kappa shape index (κ3) is 3.56. The minimum Gasteiger partial charge on any atom is -0.466 e. The molecule has 0 aliphatic carbocycles. The molecule has 0 amide bonds. The number of sulfonamides is 1. The fourth-order valence-corrected chi connectivity index (χ4v) is 3.96. The van der Waals surface area contributed by atoms with Gasteiger partial charge in [0.05, 0.1) is 17.9 Å². The summed E-state index contributed by atoms with van der Waals surface area (Å²) >= 11 is 0. The average Bonchev–Trinajstić information content (AvgIpc) is 2.81. The lowest BCUT2D eigenvalue weighted by atomic mass is 10.0. The molecule has 0 N–H and O–H groups in total. The van der Waals surface area contributed by atoms with Gasteiger partial charge in [0.25, 0.3) is 0 Å². The number of hydrogen-bond donors (Lipinski definition) is 0. The van der Waals surface area contributed by atoms with Crippen LogP contribution in [0.4, 0.5) is 0 Å². The van der Waals surface area contributed by atoms with Gasteiger partial charge >= 0.3 is 5.97 Å². The Morgan fingerprint density at radius 2 is 2.00 bits per heavy atom. The van der Waals surface area contributed by atoms with Crippen molar-refractivity contribution in [3.63, 3.8) is 0 Å². The maximum atomic E-state index is 12.6. The highest BCUT2D eigenvalue weighted by Gasteiger charge is 2.35. The van der Waals surface area contributed by atoms with Crippen molar-refractivity contribution in [3.8, 4) is 0 Å². The van der Waals surface area contributed by atoms with Gasteiger partial charge in [-0.15, -0.1) is 0 Å². The van der Waals surface area contributed by atoms with Crippen molar-refractivity contribution < 1.29 is 17.9 Å². The first-order chi connectivity index (χ1) is 10.3. The number of rotatable bonds is 5. The van der Waals surface area contributed by atoms with Gasteiger partial charge in [0, 0.05) is 19.0 Å². The summed E-state index contributed by atoms with van der Waals surface area (Å²) in [5, 5.41) is 0. The lowest BCUT2D eigenvalue weighted by Crippen LogP contribution is -2.29. The van der Waals surface area contributed by atoms with Crippen LogP contribution in [0.2, 0.25) is 0 Å². The summed E-state index contributed by atoms with van der Waals surface area (Å²) < 4.78 is 31.5. The van der Waals surface area contributed by atoms with E-state index in [1.54, 1.807) is 31.2 Å². The van der Waals surface area contributed by atoms with Gasteiger partial charge in [0.15, 0.2) is 0 Å². The summed E-state index contributed by atoms with van der Waals surface area (Å²) in [4.78, 5) is 11.8. The van der Waals surface area contributed by atoms with Crippen molar-refractivity contribution in [2.24, 2.45) is 5.92 Å². The SMILES string of the molecule is C=C1CN(S(=O)(=O)c2ccc(C)cc2)CC1CC(=O)OCC. The molecule has 6 heteroatoms. The predicted molar refractivity (Wildman–Crippen MR) is 83.8 cm³/mol. The molecule has 120 valence electrons. The maximum Gasteiger partial charge on any atom is 0.306 e. The molecule has 0 aromatic heterocycles. The first-order valence-corrected chi connectivity index (χ1v) is 8.68. The Balaban J connectivity index is 2.12. The first-order valence-electron chi connectivity index (χ1n) is 7.24. The Bertz CT molecular complexity index is 664. The first kappa shape index (κ1) is 16.7. The third-order valence-corrected chi connectivity index (χ3v) is 5.58. The highest BCUT2D eigenvalue weighted by molar-refractivity contribution is 7.89. The highest BCUT2D eigenvalue weighted by atomic mass is 32.2. The normalized spacial score (nSPS) is 19.4. The topological polar surface area (TPSA) is 63.7 Å². The lowest BCUT2D eigenvalue weighted by Gasteiger charge is -2.16. The maximum absolute atomic E-state index is 12.6. The predicted octanol–water partition coefficient (Wildman–Crippen LogP) is 2.12. The largest absolute Gasteiger partial charge is 0.466 e. The summed E-state index contributed by atoms with van der Waals surface area (Å²) in [5.41, 5.74) is 1.76. The van der Waals surface area contributed by atoms with Crippen molar-refractivity contribution in [2.45, 2.75) is 25.2 Å². The van der Waals surface area contributed by atoms with Crippen LogP contribution in [0.15, 0.2) is 41.3 Å². The number of ether oxygens (including phenoxy) is 1. The Kier molecular flexibility index (Phi) is 5.03. The van der Waals surface area contributed by atoms with Gasteiger partial charge in [0.2, 0.25) is 10.0 Å². The Labute approximate surface area is 131 Å². The van der Waals surface area contributed by atoms with Gasteiger partial charge in [-0.1, -0.05) is 29.8 Å². The van der Waals surface area contributed by atoms with Crippen LogP contribution in [0.1, 0.15) is 18.9 Å². The van der Waals surface area contributed by atoms with Gasteiger partial charge in [-0.25, -0.2) is 8.42 Å². The molecule has 0 radical (unpaired) electrons. The second-order valence-corrected chi connectivity index (χ2v) is 7.41. The van der Waals surface area contributed by atoms with Crippen LogP contribution in [-0.4, -0.2) is 38.4 Å². The van der Waals surface area contributed by atoms with Gasteiger partial charge in [0.1, 0.15) is 0 Å². The molecule has 5 nitrogen and oxygen atoms in total. The molecule has 0 bridgehead atoms. The van der Waals surface area contributed by atoms with Gasteiger partial charge < -0.3 is 4.74 Å². The van der Waals surface area contributed by atoms with Crippen LogP contribution >= 0.6 is 0 Å². The third-order valence-electron chi connectivity index (χ3n) is 3.76. The average molecular weight is 323 g/mol. The molecule has 22 heavy (non-hydrogen) atoms. The molecular weight excluding hydrogens is 302 g/mol. The molecule has 0 spiro atoms. The quantitative estimate of drug-likeness (QED) is 0.615. The van der Waals surface area contributed by atoms with Crippen molar-refractivity contribution >= 4 is 16.0 Å². The smallest absolute Gasteiger partial charge is 0.306 e. The van der Waals surface area contributed by atoms with E-state index >= 15 is 0 Å². The van der Waals surface area contributed by atoms with E-state index < -0.39 is 10.0 Å². The standard InChI is InChI=1S/C16H21NO4S/c1-4-21-16(18)9-14-11-17(10-13(14)3)22(19,20)15-7-5-12(2)6-8-15/h5-8,14H,3-4,9-11H2,1-2H3. The Morgan fingerprint density at radius 3 is 2.59 bits per heavy atom. The van der Waals surface area contributed by atoms with E-state index in [0.29, 0.717) is 6.61 Å². The van der Waals surface area contributed by atoms with E-state index in [1.807, 2.05) is 6.92 Å². The van der Waals surface area contributed by atoms with Gasteiger partial charge in [-0.2, -0.15) is 4.31 Å². The van der Waals surface area contributed by atoms with Crippen LogP contribution < -0.4 is 0 Å². The molecule has 1 aromatic carbocycles. The number of benzene rings is 1. The summed E-state index contributed by atoms with van der Waals surface area (Å²) in [6.45, 7) is 8.40. The molecule has 1 unspecified atom stereocenters. The number of nitrogens with zero attached hydrogens (tertiary/aromatic N) is 1. The minimum absolute atomic E-state index is 0.173. The van der Waals surface area contributed by atoms with E-state index in [0.717, 1.165) is 11.1 Å². The number of hydrogen-bond acceptors (Lipinski definition) is 4. The van der Waals surface area contributed by atoms with Crippen LogP contribution in [0.25, 0.3) is 0 Å². The van der Waals surface area contributed by atoms with Crippen molar-refractivity contribution in [1.82, 2.24) is 4.31 Å². The van der Waals surface area contributed by atoms with Crippen LogP contribution in [-0.2, 0) is 19.6 Å². The zero-order valence-electron chi connectivity index (χ0n) is 12.9. The second kappa shape index (κ2) is 6.62. The second-order valence-electron chi connectivity index (χ2n) is 5.47. The molecule has 1 saturated heterocycles. The fourth-order valence-electron chi connectivity index (χ4n) is 2.47. The lowest BCUT2D eigenvalue weighted by molar-refractivity contribution is -0.143. The Morgan fingerprint density at radius 1 is 1.36 bits per heavy atom. The summed E-state index contributed by atoms with van der Waals surface area (Å²) in [5.74, 6) is -0.498. The van der Waals surface area contributed by atoms with E-state index in [-0.39, 0.29) is 36.3 Å². The van der Waals surface area contributed by atoms with E-state index in [9.17, 15) is 13.2 Å². The zero-order chi connectivity index (χ0) is 16.3. The number of carbonyl (C=O) groups is 1. The molecular formula is C16H21NO4S. The molecule has 1 atom stereocenters. The van der Waals surface area contributed by atoms with E-state index in [4.69, 9.17) is 4.74 Å². The summed E-state index contributed by atoms with van der Waals surface area (Å²) in [6.07, 6.45) is 0.173. The number of aryl methyl sites for hydroxylation is 1. The van der Waals surface area contributed by atoms with E-state index in [2.05, 4.69) is 6.58 Å². The van der Waals surface area contributed by atoms with Crippen LogP contribution in [0.5, 0.6) is 0 Å². The number of esters is 1. The minimum atomic E-state index is -3.55. The highest BCUT2D eigenvalue weighted by Crippen LogP contribution is 2.29. The Hall–Kier alpha value is -1.66. The fraction of sp³-hybridized carbons (Fsp3) is 0.438. The molecule has 1 fully saturated rings. The van der Waals surface area contributed by atoms with Crippen molar-refractivity contribution in [1.29, 1.82) is 0 Å². The van der Waals surface area contributed by atoms with Crippen molar-refractivity contribution in [3.05, 3.63) is 42.0 Å². The monoisotopic (exact) mass is 323 g/mol.